The Balaban J connectivity index is 1.42. The van der Waals surface area contributed by atoms with Gasteiger partial charge in [-0.2, -0.15) is 8.78 Å². The highest BCUT2D eigenvalue weighted by atomic mass is 32.2. The minimum Gasteiger partial charge on any atom is -0.339 e. The van der Waals surface area contributed by atoms with Gasteiger partial charge in [-0.15, -0.1) is 11.3 Å². The third-order valence-electron chi connectivity index (χ3n) is 5.11. The van der Waals surface area contributed by atoms with Crippen molar-refractivity contribution in [2.75, 3.05) is 13.1 Å². The third kappa shape index (κ3) is 3.89. The summed E-state index contributed by atoms with van der Waals surface area (Å²) in [6.07, 6.45) is 1.59. The molecule has 29 heavy (non-hydrogen) atoms. The Hall–Kier alpha value is -2.39. The van der Waals surface area contributed by atoms with E-state index in [2.05, 4.69) is 0 Å². The Bertz CT molecular complexity index is 1100. The molecule has 0 N–H and O–H groups in total. The van der Waals surface area contributed by atoms with Gasteiger partial charge in [0.25, 0.3) is 5.91 Å². The van der Waals surface area contributed by atoms with Gasteiger partial charge in [-0.1, -0.05) is 12.1 Å². The van der Waals surface area contributed by atoms with Crippen molar-refractivity contribution >= 4 is 37.3 Å². The van der Waals surface area contributed by atoms with Gasteiger partial charge in [-0.05, 0) is 49.2 Å². The van der Waals surface area contributed by atoms with Gasteiger partial charge in [0, 0.05) is 24.6 Å². The van der Waals surface area contributed by atoms with Gasteiger partial charge in [0.15, 0.2) is 0 Å². The summed E-state index contributed by atoms with van der Waals surface area (Å²) in [5.41, 5.74) is 1.28. The Labute approximate surface area is 170 Å². The highest BCUT2D eigenvalue weighted by Crippen LogP contribution is 2.34. The predicted octanol–water partition coefficient (Wildman–Crippen LogP) is 4.31. The number of halogens is 2. The van der Waals surface area contributed by atoms with Crippen LogP contribution in [0.15, 0.2) is 53.4 Å². The normalized spacial score (nSPS) is 15.9. The molecule has 0 bridgehead atoms. The quantitative estimate of drug-likeness (QED) is 0.611. The van der Waals surface area contributed by atoms with E-state index in [0.29, 0.717) is 19.0 Å². The van der Waals surface area contributed by atoms with Crippen molar-refractivity contribution in [3.63, 3.8) is 0 Å². The number of para-hydroxylation sites is 1. The third-order valence-corrected chi connectivity index (χ3v) is 7.70. The van der Waals surface area contributed by atoms with Gasteiger partial charge in [-0.25, -0.2) is 13.4 Å². The van der Waals surface area contributed by atoms with Gasteiger partial charge < -0.3 is 4.90 Å². The molecule has 0 saturated carbocycles. The van der Waals surface area contributed by atoms with Crippen LogP contribution in [0.5, 0.6) is 0 Å². The van der Waals surface area contributed by atoms with Crippen LogP contribution in [0.4, 0.5) is 8.78 Å². The van der Waals surface area contributed by atoms with E-state index in [9.17, 15) is 22.0 Å². The number of aromatic nitrogens is 1. The lowest BCUT2D eigenvalue weighted by molar-refractivity contribution is 0.0713. The van der Waals surface area contributed by atoms with Crippen molar-refractivity contribution in [3.05, 3.63) is 59.1 Å². The second-order valence-electron chi connectivity index (χ2n) is 6.92. The second-order valence-corrected chi connectivity index (χ2v) is 9.90. The molecular weight excluding hydrogens is 418 g/mol. The fourth-order valence-electron chi connectivity index (χ4n) is 3.47. The summed E-state index contributed by atoms with van der Waals surface area (Å²) in [5.74, 6) is -3.41. The number of benzene rings is 2. The molecule has 2 aromatic carbocycles. The smallest absolute Gasteiger partial charge is 0.339 e. The summed E-state index contributed by atoms with van der Waals surface area (Å²) < 4.78 is 49.4. The van der Waals surface area contributed by atoms with Gasteiger partial charge in [0.1, 0.15) is 0 Å². The largest absolute Gasteiger partial charge is 0.341 e. The van der Waals surface area contributed by atoms with E-state index >= 15 is 0 Å². The number of amides is 1. The first kappa shape index (κ1) is 19.9. The molecule has 5 nitrogen and oxygen atoms in total. The molecule has 4 rings (SSSR count). The minimum atomic E-state index is -4.66. The molecule has 1 aliphatic heterocycles. The molecule has 1 fully saturated rings. The number of nitrogens with zero attached hydrogens (tertiary/aromatic N) is 2. The molecule has 1 aliphatic rings. The van der Waals surface area contributed by atoms with Crippen molar-refractivity contribution in [1.82, 2.24) is 9.88 Å². The molecule has 9 heteroatoms. The van der Waals surface area contributed by atoms with E-state index in [4.69, 9.17) is 4.98 Å². The van der Waals surface area contributed by atoms with Crippen LogP contribution in [0.1, 0.15) is 34.1 Å². The maximum atomic E-state index is 12.7. The van der Waals surface area contributed by atoms with Crippen LogP contribution in [-0.4, -0.2) is 43.1 Å². The maximum Gasteiger partial charge on any atom is 0.341 e. The van der Waals surface area contributed by atoms with Crippen molar-refractivity contribution < 1.29 is 22.0 Å². The van der Waals surface area contributed by atoms with Crippen LogP contribution in [-0.2, 0) is 9.84 Å². The van der Waals surface area contributed by atoms with Crippen molar-refractivity contribution in [2.45, 2.75) is 29.4 Å². The molecule has 0 aliphatic carbocycles. The molecule has 0 spiro atoms. The number of sulfone groups is 1. The summed E-state index contributed by atoms with van der Waals surface area (Å²) >= 11 is 1.68. The number of carbonyl (C=O) groups is 1. The fraction of sp³-hybridized carbons (Fsp3) is 0.300. The monoisotopic (exact) mass is 436 g/mol. The van der Waals surface area contributed by atoms with E-state index in [1.807, 2.05) is 24.3 Å². The number of hydrogen-bond donors (Lipinski definition) is 0. The molecule has 0 atom stereocenters. The van der Waals surface area contributed by atoms with Crippen LogP contribution < -0.4 is 0 Å². The Morgan fingerprint density at radius 2 is 1.72 bits per heavy atom. The van der Waals surface area contributed by atoms with Crippen LogP contribution in [0.2, 0.25) is 0 Å². The number of thiazole rings is 1. The Morgan fingerprint density at radius 3 is 2.34 bits per heavy atom. The van der Waals surface area contributed by atoms with Crippen molar-refractivity contribution in [3.8, 4) is 0 Å². The zero-order valence-corrected chi connectivity index (χ0v) is 16.9. The molecule has 1 aromatic heterocycles. The van der Waals surface area contributed by atoms with E-state index in [1.165, 1.54) is 12.1 Å². The van der Waals surface area contributed by atoms with Crippen molar-refractivity contribution in [1.29, 1.82) is 0 Å². The second kappa shape index (κ2) is 7.79. The number of alkyl halides is 2. The highest BCUT2D eigenvalue weighted by molar-refractivity contribution is 7.91. The van der Waals surface area contributed by atoms with Gasteiger partial charge >= 0.3 is 5.76 Å². The van der Waals surface area contributed by atoms with Gasteiger partial charge in [0.05, 0.1) is 20.1 Å². The molecule has 152 valence electrons. The average molecular weight is 437 g/mol. The minimum absolute atomic E-state index is 0.228. The first-order valence-corrected chi connectivity index (χ1v) is 11.5. The first-order chi connectivity index (χ1) is 13.9. The van der Waals surface area contributed by atoms with Crippen LogP contribution >= 0.6 is 11.3 Å². The molecule has 0 radical (unpaired) electrons. The topological polar surface area (TPSA) is 67.3 Å². The zero-order valence-electron chi connectivity index (χ0n) is 15.3. The summed E-state index contributed by atoms with van der Waals surface area (Å²) in [6.45, 7) is 1.13. The maximum absolute atomic E-state index is 12.7. The van der Waals surface area contributed by atoms with E-state index in [0.717, 1.165) is 40.2 Å². The molecule has 0 unspecified atom stereocenters. The molecular formula is C20H18F2N2O3S2. The average Bonchev–Trinajstić information content (AvgIpc) is 3.17. The molecule has 1 amide bonds. The first-order valence-electron chi connectivity index (χ1n) is 9.13. The van der Waals surface area contributed by atoms with E-state index in [-0.39, 0.29) is 11.5 Å². The molecule has 3 aromatic rings. The number of carbonyl (C=O) groups excluding carboxylic acids is 1. The number of rotatable bonds is 4. The van der Waals surface area contributed by atoms with Crippen LogP contribution in [0.25, 0.3) is 10.2 Å². The van der Waals surface area contributed by atoms with Crippen molar-refractivity contribution in [2.24, 2.45) is 0 Å². The Kier molecular flexibility index (Phi) is 5.35. The SMILES string of the molecule is O=C(c1ccc(S(=O)(=O)C(F)F)cc1)N1CCC(c2nc3ccccc3s2)CC1. The summed E-state index contributed by atoms with van der Waals surface area (Å²) in [5, 5.41) is 1.08. The number of piperidine rings is 1. The highest BCUT2D eigenvalue weighted by Gasteiger charge is 2.28. The zero-order chi connectivity index (χ0) is 20.6. The standard InChI is InChI=1S/C20H18F2N2O3S2/c21-20(22)29(26,27)15-7-5-14(6-8-15)19(25)24-11-9-13(10-12-24)18-23-16-3-1-2-4-17(16)28-18/h1-8,13,20H,9-12H2. The number of hydrogen-bond acceptors (Lipinski definition) is 5. The Morgan fingerprint density at radius 1 is 1.07 bits per heavy atom. The lowest BCUT2D eigenvalue weighted by atomic mass is 9.97. The number of fused-ring (bicyclic) bond motifs is 1. The van der Waals surface area contributed by atoms with Gasteiger partial charge in [-0.3, -0.25) is 4.79 Å². The summed E-state index contributed by atoms with van der Waals surface area (Å²) in [4.78, 5) is 18.6. The van der Waals surface area contributed by atoms with Gasteiger partial charge in [0.2, 0.25) is 9.84 Å². The summed E-state index contributed by atoms with van der Waals surface area (Å²) in [6, 6.07) is 12.7. The predicted molar refractivity (Wildman–Crippen MR) is 107 cm³/mol. The lowest BCUT2D eigenvalue weighted by Gasteiger charge is -2.31. The fourth-order valence-corrected chi connectivity index (χ4v) is 5.32. The van der Waals surface area contributed by atoms with E-state index < -0.39 is 20.5 Å². The molecule has 1 saturated heterocycles. The van der Waals surface area contributed by atoms with Crippen LogP contribution in [0.3, 0.4) is 0 Å². The summed E-state index contributed by atoms with van der Waals surface area (Å²) in [7, 11) is -4.66. The van der Waals surface area contributed by atoms with E-state index in [1.54, 1.807) is 16.2 Å². The number of likely N-dealkylation sites (tertiary alicyclic amines) is 1. The lowest BCUT2D eigenvalue weighted by Crippen LogP contribution is -2.37. The van der Waals surface area contributed by atoms with Crippen LogP contribution in [0, 0.1) is 0 Å². The molecule has 2 heterocycles.